The molecule has 1 unspecified atom stereocenters. The van der Waals surface area contributed by atoms with Crippen LogP contribution in [0.25, 0.3) is 0 Å². The molecule has 1 aliphatic carbocycles. The van der Waals surface area contributed by atoms with E-state index in [0.717, 1.165) is 12.8 Å². The summed E-state index contributed by atoms with van der Waals surface area (Å²) in [5.41, 5.74) is 1.71. The summed E-state index contributed by atoms with van der Waals surface area (Å²) in [6.07, 6.45) is 2.05. The molecule has 27 heavy (non-hydrogen) atoms. The quantitative estimate of drug-likeness (QED) is 0.632. The molecule has 3 rings (SSSR count). The maximum atomic E-state index is 12.3. The van der Waals surface area contributed by atoms with Gasteiger partial charge in [-0.15, -0.1) is 0 Å². The van der Waals surface area contributed by atoms with E-state index >= 15 is 0 Å². The van der Waals surface area contributed by atoms with E-state index in [0.29, 0.717) is 16.9 Å². The first-order valence-corrected chi connectivity index (χ1v) is 8.85. The standard InChI is InChI=1S/C20H22N4O3/c1-13(21-19(26)14-5-3-2-4-6-14)18(25)22-15-7-9-16(10-8-15)23-20(27)24-17-11-12-17/h2-10,13,17H,11-12H2,1H3,(H,21,26)(H,22,25)(H2,23,24,27). The second kappa shape index (κ2) is 8.35. The van der Waals surface area contributed by atoms with Crippen LogP contribution >= 0.6 is 0 Å². The summed E-state index contributed by atoms with van der Waals surface area (Å²) < 4.78 is 0. The lowest BCUT2D eigenvalue weighted by molar-refractivity contribution is -0.117. The smallest absolute Gasteiger partial charge is 0.319 e. The normalized spacial score (nSPS) is 14.0. The number of hydrogen-bond acceptors (Lipinski definition) is 3. The van der Waals surface area contributed by atoms with Gasteiger partial charge in [-0.25, -0.2) is 4.79 Å². The van der Waals surface area contributed by atoms with Crippen LogP contribution in [0.5, 0.6) is 0 Å². The minimum absolute atomic E-state index is 0.230. The van der Waals surface area contributed by atoms with Gasteiger partial charge in [-0.3, -0.25) is 9.59 Å². The molecule has 0 bridgehead atoms. The second-order valence-corrected chi connectivity index (χ2v) is 6.50. The minimum atomic E-state index is -0.695. The van der Waals surface area contributed by atoms with Crippen molar-refractivity contribution < 1.29 is 14.4 Å². The molecule has 1 saturated carbocycles. The van der Waals surface area contributed by atoms with Crippen LogP contribution in [0.2, 0.25) is 0 Å². The first-order valence-electron chi connectivity index (χ1n) is 8.85. The average Bonchev–Trinajstić information content (AvgIpc) is 3.47. The van der Waals surface area contributed by atoms with E-state index in [9.17, 15) is 14.4 Å². The summed E-state index contributed by atoms with van der Waals surface area (Å²) in [7, 11) is 0. The highest BCUT2D eigenvalue weighted by Crippen LogP contribution is 2.19. The Bertz CT molecular complexity index is 817. The number of nitrogens with one attached hydrogen (secondary N) is 4. The fourth-order valence-corrected chi connectivity index (χ4v) is 2.40. The highest BCUT2D eigenvalue weighted by molar-refractivity contribution is 6.01. The number of hydrogen-bond donors (Lipinski definition) is 4. The van der Waals surface area contributed by atoms with Gasteiger partial charge in [0.2, 0.25) is 5.91 Å². The zero-order chi connectivity index (χ0) is 19.2. The zero-order valence-corrected chi connectivity index (χ0v) is 15.0. The van der Waals surface area contributed by atoms with Crippen molar-refractivity contribution >= 4 is 29.2 Å². The molecule has 0 aromatic heterocycles. The average molecular weight is 366 g/mol. The third kappa shape index (κ3) is 5.57. The molecular weight excluding hydrogens is 344 g/mol. The number of benzene rings is 2. The van der Waals surface area contributed by atoms with Gasteiger partial charge >= 0.3 is 6.03 Å². The van der Waals surface area contributed by atoms with Gasteiger partial charge in [0.05, 0.1) is 0 Å². The van der Waals surface area contributed by atoms with Gasteiger partial charge in [-0.1, -0.05) is 18.2 Å². The number of amides is 4. The maximum absolute atomic E-state index is 12.3. The molecule has 7 nitrogen and oxygen atoms in total. The highest BCUT2D eigenvalue weighted by Gasteiger charge is 2.23. The van der Waals surface area contributed by atoms with E-state index in [4.69, 9.17) is 0 Å². The van der Waals surface area contributed by atoms with Crippen LogP contribution in [0.3, 0.4) is 0 Å². The van der Waals surface area contributed by atoms with Crippen LogP contribution < -0.4 is 21.3 Å². The van der Waals surface area contributed by atoms with Crippen LogP contribution in [-0.2, 0) is 4.79 Å². The molecule has 0 saturated heterocycles. The van der Waals surface area contributed by atoms with E-state index in [-0.39, 0.29) is 23.9 Å². The summed E-state index contributed by atoms with van der Waals surface area (Å²) in [6, 6.07) is 14.9. The van der Waals surface area contributed by atoms with Crippen LogP contribution in [0.15, 0.2) is 54.6 Å². The monoisotopic (exact) mass is 366 g/mol. The topological polar surface area (TPSA) is 99.3 Å². The van der Waals surface area contributed by atoms with Gasteiger partial charge in [0, 0.05) is 23.0 Å². The lowest BCUT2D eigenvalue weighted by atomic mass is 10.2. The van der Waals surface area contributed by atoms with Crippen molar-refractivity contribution in [1.82, 2.24) is 10.6 Å². The molecular formula is C20H22N4O3. The molecule has 0 radical (unpaired) electrons. The Labute approximate surface area is 157 Å². The molecule has 2 aromatic carbocycles. The van der Waals surface area contributed by atoms with Crippen molar-refractivity contribution in [2.24, 2.45) is 0 Å². The van der Waals surface area contributed by atoms with Gasteiger partial charge in [-0.2, -0.15) is 0 Å². The molecule has 1 fully saturated rings. The van der Waals surface area contributed by atoms with Gasteiger partial charge in [0.15, 0.2) is 0 Å². The lowest BCUT2D eigenvalue weighted by Gasteiger charge is -2.14. The summed E-state index contributed by atoms with van der Waals surface area (Å²) in [5.74, 6) is -0.633. The third-order valence-corrected chi connectivity index (χ3v) is 4.10. The summed E-state index contributed by atoms with van der Waals surface area (Å²) >= 11 is 0. The van der Waals surface area contributed by atoms with E-state index in [1.54, 1.807) is 55.5 Å². The van der Waals surface area contributed by atoms with Crippen LogP contribution in [0.1, 0.15) is 30.1 Å². The van der Waals surface area contributed by atoms with E-state index in [1.165, 1.54) is 0 Å². The predicted octanol–water partition coefficient (Wildman–Crippen LogP) is 2.73. The number of anilines is 2. The SMILES string of the molecule is CC(NC(=O)c1ccccc1)C(=O)Nc1ccc(NC(=O)NC2CC2)cc1. The van der Waals surface area contributed by atoms with Gasteiger partial charge in [-0.05, 0) is 56.2 Å². The van der Waals surface area contributed by atoms with Crippen molar-refractivity contribution in [2.75, 3.05) is 10.6 Å². The Morgan fingerprint density at radius 2 is 1.48 bits per heavy atom. The fraction of sp³-hybridized carbons (Fsp3) is 0.250. The number of carbonyl (C=O) groups excluding carboxylic acids is 3. The molecule has 4 amide bonds. The molecule has 4 N–H and O–H groups in total. The summed E-state index contributed by atoms with van der Waals surface area (Å²) in [5, 5.41) is 11.0. The largest absolute Gasteiger partial charge is 0.341 e. The minimum Gasteiger partial charge on any atom is -0.341 e. The highest BCUT2D eigenvalue weighted by atomic mass is 16.2. The van der Waals surface area contributed by atoms with Crippen molar-refractivity contribution in [3.05, 3.63) is 60.2 Å². The van der Waals surface area contributed by atoms with E-state index in [1.807, 2.05) is 6.07 Å². The Hall–Kier alpha value is -3.35. The summed E-state index contributed by atoms with van der Waals surface area (Å²) in [4.78, 5) is 36.1. The van der Waals surface area contributed by atoms with E-state index < -0.39 is 6.04 Å². The van der Waals surface area contributed by atoms with Crippen molar-refractivity contribution in [1.29, 1.82) is 0 Å². The van der Waals surface area contributed by atoms with Crippen molar-refractivity contribution in [3.63, 3.8) is 0 Å². The van der Waals surface area contributed by atoms with E-state index in [2.05, 4.69) is 21.3 Å². The zero-order valence-electron chi connectivity index (χ0n) is 15.0. The second-order valence-electron chi connectivity index (χ2n) is 6.50. The lowest BCUT2D eigenvalue weighted by Crippen LogP contribution is -2.41. The molecule has 1 atom stereocenters. The first-order chi connectivity index (χ1) is 13.0. The Balaban J connectivity index is 1.49. The van der Waals surface area contributed by atoms with Gasteiger partial charge < -0.3 is 21.3 Å². The molecule has 0 spiro atoms. The number of urea groups is 1. The molecule has 1 aliphatic rings. The third-order valence-electron chi connectivity index (χ3n) is 4.10. The van der Waals surface area contributed by atoms with Gasteiger partial charge in [0.1, 0.15) is 6.04 Å². The fourth-order valence-electron chi connectivity index (χ4n) is 2.40. The molecule has 7 heteroatoms. The Morgan fingerprint density at radius 3 is 2.07 bits per heavy atom. The van der Waals surface area contributed by atoms with Gasteiger partial charge in [0.25, 0.3) is 5.91 Å². The predicted molar refractivity (Wildman–Crippen MR) is 104 cm³/mol. The van der Waals surface area contributed by atoms with Crippen LogP contribution in [0, 0.1) is 0 Å². The van der Waals surface area contributed by atoms with Crippen molar-refractivity contribution in [2.45, 2.75) is 31.8 Å². The maximum Gasteiger partial charge on any atom is 0.319 e. The number of rotatable bonds is 6. The molecule has 140 valence electrons. The molecule has 0 aliphatic heterocycles. The number of carbonyl (C=O) groups is 3. The Morgan fingerprint density at radius 1 is 0.889 bits per heavy atom. The van der Waals surface area contributed by atoms with Crippen LogP contribution in [-0.4, -0.2) is 29.9 Å². The molecule has 0 heterocycles. The Kier molecular flexibility index (Phi) is 5.71. The molecule has 2 aromatic rings. The van der Waals surface area contributed by atoms with Crippen molar-refractivity contribution in [3.8, 4) is 0 Å². The first kappa shape index (κ1) is 18.4. The van der Waals surface area contributed by atoms with Crippen LogP contribution in [0.4, 0.5) is 16.2 Å². The summed E-state index contributed by atoms with van der Waals surface area (Å²) in [6.45, 7) is 1.62.